The van der Waals surface area contributed by atoms with E-state index in [9.17, 15) is 19.5 Å². The van der Waals surface area contributed by atoms with E-state index in [0.717, 1.165) is 37.7 Å². The number of aromatic hydroxyl groups is 1. The first-order chi connectivity index (χ1) is 17.3. The number of amides is 2. The predicted molar refractivity (Wildman–Crippen MR) is 139 cm³/mol. The van der Waals surface area contributed by atoms with E-state index >= 15 is 0 Å². The summed E-state index contributed by atoms with van der Waals surface area (Å²) in [4.78, 5) is 39.1. The second kappa shape index (κ2) is 13.3. The molecule has 36 heavy (non-hydrogen) atoms. The zero-order valence-electron chi connectivity index (χ0n) is 20.8. The van der Waals surface area contributed by atoms with E-state index in [2.05, 4.69) is 10.6 Å². The highest BCUT2D eigenvalue weighted by Crippen LogP contribution is 2.27. The number of halogens is 1. The quantitative estimate of drug-likeness (QED) is 0.412. The van der Waals surface area contributed by atoms with E-state index in [1.807, 2.05) is 19.1 Å². The predicted octanol–water partition coefficient (Wildman–Crippen LogP) is 4.19. The molecule has 2 aromatic carbocycles. The summed E-state index contributed by atoms with van der Waals surface area (Å²) < 4.78 is 4.92. The molecule has 8 heteroatoms. The number of nitrogens with one attached hydrogen (secondary N) is 2. The highest BCUT2D eigenvalue weighted by molar-refractivity contribution is 6.30. The highest BCUT2D eigenvalue weighted by atomic mass is 35.5. The maximum Gasteiger partial charge on any atom is 0.328 e. The number of ether oxygens (including phenoxy) is 1. The van der Waals surface area contributed by atoms with Gasteiger partial charge in [0.05, 0.1) is 7.11 Å². The maximum atomic E-state index is 13.5. The highest BCUT2D eigenvalue weighted by Gasteiger charge is 2.34. The van der Waals surface area contributed by atoms with Crippen LogP contribution in [0.3, 0.4) is 0 Å². The summed E-state index contributed by atoms with van der Waals surface area (Å²) in [7, 11) is 1.27. The van der Waals surface area contributed by atoms with E-state index in [1.165, 1.54) is 13.2 Å². The summed E-state index contributed by atoms with van der Waals surface area (Å²) in [5.41, 5.74) is 1.66. The molecule has 1 fully saturated rings. The third-order valence-electron chi connectivity index (χ3n) is 6.76. The summed E-state index contributed by atoms with van der Waals surface area (Å²) >= 11 is 5.96. The Labute approximate surface area is 217 Å². The van der Waals surface area contributed by atoms with Crippen molar-refractivity contribution < 1.29 is 24.2 Å². The molecule has 0 radical (unpaired) electrons. The molecule has 194 valence electrons. The minimum atomic E-state index is -0.946. The molecule has 0 aliphatic heterocycles. The number of carbonyl (C=O) groups excluding carboxylic acids is 3. The van der Waals surface area contributed by atoms with Gasteiger partial charge in [0.1, 0.15) is 17.8 Å². The van der Waals surface area contributed by atoms with Gasteiger partial charge in [0.15, 0.2) is 0 Å². The van der Waals surface area contributed by atoms with Crippen molar-refractivity contribution >= 4 is 29.4 Å². The van der Waals surface area contributed by atoms with Crippen LogP contribution >= 0.6 is 11.6 Å². The van der Waals surface area contributed by atoms with Crippen molar-refractivity contribution in [1.82, 2.24) is 10.6 Å². The summed E-state index contributed by atoms with van der Waals surface area (Å²) in [5, 5.41) is 16.2. The Morgan fingerprint density at radius 3 is 2.31 bits per heavy atom. The third kappa shape index (κ3) is 7.98. The molecule has 2 aromatic rings. The number of methoxy groups -OCH3 is 1. The van der Waals surface area contributed by atoms with Gasteiger partial charge in [-0.25, -0.2) is 4.79 Å². The molecule has 7 nitrogen and oxygen atoms in total. The summed E-state index contributed by atoms with van der Waals surface area (Å²) in [6, 6.07) is 12.2. The van der Waals surface area contributed by atoms with Crippen LogP contribution in [-0.4, -0.2) is 42.1 Å². The lowest BCUT2D eigenvalue weighted by molar-refractivity contribution is -0.145. The first-order valence-electron chi connectivity index (χ1n) is 12.5. The number of hydrogen-bond donors (Lipinski definition) is 3. The van der Waals surface area contributed by atoms with E-state index in [4.69, 9.17) is 16.3 Å². The molecule has 3 atom stereocenters. The van der Waals surface area contributed by atoms with Crippen LogP contribution in [0.25, 0.3) is 0 Å². The Hall–Kier alpha value is -3.06. The number of carbonyl (C=O) groups is 3. The number of phenols is 1. The molecular formula is C28H35ClN2O5. The van der Waals surface area contributed by atoms with Gasteiger partial charge in [-0.2, -0.15) is 0 Å². The van der Waals surface area contributed by atoms with Gasteiger partial charge in [-0.3, -0.25) is 9.59 Å². The Bertz CT molecular complexity index is 1040. The van der Waals surface area contributed by atoms with Crippen LogP contribution in [0.1, 0.15) is 50.2 Å². The molecule has 0 aromatic heterocycles. The number of esters is 1. The molecule has 0 saturated heterocycles. The summed E-state index contributed by atoms with van der Waals surface area (Å²) in [6.07, 6.45) is 5.44. The number of rotatable bonds is 10. The van der Waals surface area contributed by atoms with Crippen LogP contribution in [0.2, 0.25) is 5.02 Å². The monoisotopic (exact) mass is 514 g/mol. The average Bonchev–Trinajstić information content (AvgIpc) is 2.88. The lowest BCUT2D eigenvalue weighted by Gasteiger charge is -2.32. The van der Waals surface area contributed by atoms with Gasteiger partial charge in [-0.15, -0.1) is 0 Å². The fourth-order valence-corrected chi connectivity index (χ4v) is 4.87. The van der Waals surface area contributed by atoms with Gasteiger partial charge in [-0.05, 0) is 60.6 Å². The molecule has 3 unspecified atom stereocenters. The minimum absolute atomic E-state index is 0.00972. The lowest BCUT2D eigenvalue weighted by atomic mass is 9.83. The second-order valence-electron chi connectivity index (χ2n) is 9.57. The number of phenolic OH excluding ortho intramolecular Hbond substituents is 1. The molecule has 2 amide bonds. The molecule has 3 N–H and O–H groups in total. The van der Waals surface area contributed by atoms with Crippen molar-refractivity contribution in [3.05, 3.63) is 64.7 Å². The van der Waals surface area contributed by atoms with Gasteiger partial charge < -0.3 is 20.5 Å². The molecule has 1 aliphatic carbocycles. The van der Waals surface area contributed by atoms with E-state index in [-0.39, 0.29) is 29.9 Å². The standard InChI is InChI=1S/C28H35ClN2O5/c1-18(15-19-11-13-22(29)14-12-19)26(33)31-25(21-8-4-3-5-9-21)27(34)30-24(28(35)36-2)17-20-7-6-10-23(32)16-20/h6-7,10-14,16,18,21,24-25,32H,3-5,8-9,15,17H2,1-2H3,(H,30,34)(H,31,33). The topological polar surface area (TPSA) is 105 Å². The lowest BCUT2D eigenvalue weighted by Crippen LogP contribution is -2.56. The zero-order chi connectivity index (χ0) is 26.1. The van der Waals surface area contributed by atoms with Crippen molar-refractivity contribution in [1.29, 1.82) is 0 Å². The third-order valence-corrected chi connectivity index (χ3v) is 7.01. The van der Waals surface area contributed by atoms with Crippen molar-refractivity contribution in [2.45, 2.75) is 64.0 Å². The SMILES string of the molecule is COC(=O)C(Cc1cccc(O)c1)NC(=O)C(NC(=O)C(C)Cc1ccc(Cl)cc1)C1CCCCC1. The fourth-order valence-electron chi connectivity index (χ4n) is 4.74. The minimum Gasteiger partial charge on any atom is -0.508 e. The number of hydrogen-bond acceptors (Lipinski definition) is 5. The van der Waals surface area contributed by atoms with Crippen LogP contribution in [0.5, 0.6) is 5.75 Å². The Kier molecular flexibility index (Phi) is 10.2. The van der Waals surface area contributed by atoms with Crippen LogP contribution in [0.15, 0.2) is 48.5 Å². The number of benzene rings is 2. The summed E-state index contributed by atoms with van der Waals surface area (Å²) in [5.74, 6) is -1.48. The van der Waals surface area contributed by atoms with Gasteiger partial charge in [0.2, 0.25) is 11.8 Å². The molecule has 3 rings (SSSR count). The van der Waals surface area contributed by atoms with Crippen LogP contribution in [0.4, 0.5) is 0 Å². The van der Waals surface area contributed by atoms with E-state index < -0.39 is 24.0 Å². The largest absolute Gasteiger partial charge is 0.508 e. The van der Waals surface area contributed by atoms with Crippen LogP contribution in [-0.2, 0) is 32.0 Å². The van der Waals surface area contributed by atoms with Crippen LogP contribution in [0, 0.1) is 11.8 Å². The van der Waals surface area contributed by atoms with Crippen molar-refractivity contribution in [3.63, 3.8) is 0 Å². The zero-order valence-corrected chi connectivity index (χ0v) is 21.6. The first kappa shape index (κ1) is 27.5. The molecule has 1 aliphatic rings. The molecular weight excluding hydrogens is 480 g/mol. The van der Waals surface area contributed by atoms with E-state index in [1.54, 1.807) is 30.3 Å². The van der Waals surface area contributed by atoms with Gasteiger partial charge in [0.25, 0.3) is 0 Å². The van der Waals surface area contributed by atoms with E-state index in [0.29, 0.717) is 17.0 Å². The first-order valence-corrected chi connectivity index (χ1v) is 12.9. The van der Waals surface area contributed by atoms with Gasteiger partial charge in [-0.1, -0.05) is 62.1 Å². The molecule has 1 saturated carbocycles. The maximum absolute atomic E-state index is 13.5. The molecule has 0 spiro atoms. The average molecular weight is 515 g/mol. The molecule has 0 bridgehead atoms. The smallest absolute Gasteiger partial charge is 0.328 e. The molecule has 0 heterocycles. The fraction of sp³-hybridized carbons (Fsp3) is 0.464. The second-order valence-corrected chi connectivity index (χ2v) is 10.0. The summed E-state index contributed by atoms with van der Waals surface area (Å²) in [6.45, 7) is 1.83. The Balaban J connectivity index is 1.73. The Morgan fingerprint density at radius 2 is 1.67 bits per heavy atom. The van der Waals surface area contributed by atoms with Crippen LogP contribution < -0.4 is 10.6 Å². The Morgan fingerprint density at radius 1 is 0.972 bits per heavy atom. The van der Waals surface area contributed by atoms with Gasteiger partial charge >= 0.3 is 5.97 Å². The van der Waals surface area contributed by atoms with Crippen molar-refractivity contribution in [2.24, 2.45) is 11.8 Å². The van der Waals surface area contributed by atoms with Crippen molar-refractivity contribution in [3.8, 4) is 5.75 Å². The van der Waals surface area contributed by atoms with Gasteiger partial charge in [0, 0.05) is 17.4 Å². The normalized spacial score (nSPS) is 16.4. The van der Waals surface area contributed by atoms with Crippen molar-refractivity contribution in [2.75, 3.05) is 7.11 Å².